The van der Waals surface area contributed by atoms with Crippen molar-refractivity contribution >= 4 is 0 Å². The summed E-state index contributed by atoms with van der Waals surface area (Å²) in [6, 6.07) is 23.6. The van der Waals surface area contributed by atoms with E-state index in [2.05, 4.69) is 101 Å². The lowest BCUT2D eigenvalue weighted by Crippen LogP contribution is -2.10. The van der Waals surface area contributed by atoms with Crippen molar-refractivity contribution in [1.29, 1.82) is 0 Å². The first-order valence-electron chi connectivity index (χ1n) is 9.86. The highest BCUT2D eigenvalue weighted by molar-refractivity contribution is 5.69. The van der Waals surface area contributed by atoms with E-state index in [0.29, 0.717) is 0 Å². The Morgan fingerprint density at radius 2 is 1.56 bits per heavy atom. The van der Waals surface area contributed by atoms with Gasteiger partial charge in [0.25, 0.3) is 0 Å². The lowest BCUT2D eigenvalue weighted by atomic mass is 9.87. The number of rotatable bonds is 5. The molecule has 0 bridgehead atoms. The monoisotopic (exact) mass is 358 g/mol. The Hall–Kier alpha value is -2.54. The molecule has 0 unspecified atom stereocenters. The Balaban J connectivity index is 1.95. The summed E-state index contributed by atoms with van der Waals surface area (Å²) in [5.41, 5.74) is 6.47. The molecule has 0 aromatic heterocycles. The van der Waals surface area contributed by atoms with E-state index in [1.807, 2.05) is 0 Å². The largest absolute Gasteiger partial charge is 0.457 e. The number of hydrogen-bond acceptors (Lipinski definition) is 1. The highest BCUT2D eigenvalue weighted by Gasteiger charge is 2.14. The van der Waals surface area contributed by atoms with Crippen LogP contribution in [-0.2, 0) is 11.8 Å². The van der Waals surface area contributed by atoms with Crippen LogP contribution in [0, 0.1) is 6.92 Å². The lowest BCUT2D eigenvalue weighted by molar-refractivity contribution is 0.475. The van der Waals surface area contributed by atoms with Crippen LogP contribution < -0.4 is 4.74 Å². The fraction of sp³-hybridized carbons (Fsp3) is 0.308. The van der Waals surface area contributed by atoms with E-state index in [9.17, 15) is 0 Å². The summed E-state index contributed by atoms with van der Waals surface area (Å²) in [6.07, 6.45) is 2.12. The summed E-state index contributed by atoms with van der Waals surface area (Å²) in [4.78, 5) is 0. The first-order chi connectivity index (χ1) is 12.9. The molecule has 0 saturated heterocycles. The Morgan fingerprint density at radius 3 is 2.19 bits per heavy atom. The highest BCUT2D eigenvalue weighted by Crippen LogP contribution is 2.33. The molecule has 0 N–H and O–H groups in total. The van der Waals surface area contributed by atoms with Gasteiger partial charge in [0.1, 0.15) is 11.5 Å². The topological polar surface area (TPSA) is 9.23 Å². The minimum atomic E-state index is 0.149. The van der Waals surface area contributed by atoms with Gasteiger partial charge < -0.3 is 4.74 Å². The standard InChI is InChI=1S/C26H30O/c1-6-9-20-12-13-21(24-11-8-7-10-19(24)2)18-25(20)27-23-16-14-22(15-17-23)26(3,4)5/h7-8,10-18H,6,9H2,1-5H3. The second-order valence-electron chi connectivity index (χ2n) is 8.26. The van der Waals surface area contributed by atoms with E-state index in [4.69, 9.17) is 4.74 Å². The smallest absolute Gasteiger partial charge is 0.131 e. The van der Waals surface area contributed by atoms with Crippen molar-refractivity contribution in [3.8, 4) is 22.6 Å². The van der Waals surface area contributed by atoms with E-state index in [1.165, 1.54) is 27.8 Å². The first kappa shape index (κ1) is 19.2. The average molecular weight is 359 g/mol. The van der Waals surface area contributed by atoms with Crippen LogP contribution in [0.25, 0.3) is 11.1 Å². The molecule has 1 heteroatoms. The Bertz CT molecular complexity index is 898. The maximum absolute atomic E-state index is 6.33. The molecular formula is C26H30O. The number of aryl methyl sites for hydroxylation is 2. The average Bonchev–Trinajstić information content (AvgIpc) is 2.63. The number of hydrogen-bond donors (Lipinski definition) is 0. The molecule has 3 rings (SSSR count). The van der Waals surface area contributed by atoms with Crippen LogP contribution in [0.3, 0.4) is 0 Å². The van der Waals surface area contributed by atoms with Gasteiger partial charge in [-0.05, 0) is 64.8 Å². The molecule has 0 aliphatic rings. The van der Waals surface area contributed by atoms with Gasteiger partial charge in [-0.25, -0.2) is 0 Å². The summed E-state index contributed by atoms with van der Waals surface area (Å²) in [5, 5.41) is 0. The molecule has 0 radical (unpaired) electrons. The van der Waals surface area contributed by atoms with Crippen molar-refractivity contribution < 1.29 is 4.74 Å². The van der Waals surface area contributed by atoms with Crippen molar-refractivity contribution in [2.45, 2.75) is 52.9 Å². The summed E-state index contributed by atoms with van der Waals surface area (Å²) < 4.78 is 6.33. The quantitative estimate of drug-likeness (QED) is 0.454. The predicted octanol–water partition coefficient (Wildman–Crippen LogP) is 7.70. The molecular weight excluding hydrogens is 328 g/mol. The molecule has 0 spiro atoms. The van der Waals surface area contributed by atoms with Gasteiger partial charge in [0, 0.05) is 0 Å². The zero-order valence-corrected chi connectivity index (χ0v) is 17.2. The second-order valence-corrected chi connectivity index (χ2v) is 8.26. The third-order valence-electron chi connectivity index (χ3n) is 4.99. The minimum absolute atomic E-state index is 0.149. The van der Waals surface area contributed by atoms with Crippen molar-refractivity contribution in [2.75, 3.05) is 0 Å². The summed E-state index contributed by atoms with van der Waals surface area (Å²) in [5.74, 6) is 1.85. The normalized spacial score (nSPS) is 11.4. The van der Waals surface area contributed by atoms with Gasteiger partial charge in [0.15, 0.2) is 0 Å². The molecule has 0 saturated carbocycles. The third kappa shape index (κ3) is 4.60. The highest BCUT2D eigenvalue weighted by atomic mass is 16.5. The first-order valence-corrected chi connectivity index (χ1v) is 9.86. The molecule has 0 fully saturated rings. The zero-order chi connectivity index (χ0) is 19.4. The molecule has 0 amide bonds. The molecule has 3 aromatic rings. The van der Waals surface area contributed by atoms with Crippen LogP contribution in [0.1, 0.15) is 50.8 Å². The molecule has 140 valence electrons. The number of benzene rings is 3. The predicted molar refractivity (Wildman–Crippen MR) is 116 cm³/mol. The molecule has 0 aliphatic heterocycles. The minimum Gasteiger partial charge on any atom is -0.457 e. The van der Waals surface area contributed by atoms with Gasteiger partial charge in [-0.1, -0.05) is 82.6 Å². The van der Waals surface area contributed by atoms with Crippen LogP contribution in [0.15, 0.2) is 66.7 Å². The molecule has 3 aromatic carbocycles. The van der Waals surface area contributed by atoms with Crippen LogP contribution >= 0.6 is 0 Å². The third-order valence-corrected chi connectivity index (χ3v) is 4.99. The van der Waals surface area contributed by atoms with Crippen LogP contribution in [0.2, 0.25) is 0 Å². The number of ether oxygens (including phenoxy) is 1. The second kappa shape index (κ2) is 8.00. The van der Waals surface area contributed by atoms with Crippen LogP contribution in [0.4, 0.5) is 0 Å². The maximum Gasteiger partial charge on any atom is 0.131 e. The molecule has 0 heterocycles. The van der Waals surface area contributed by atoms with E-state index in [0.717, 1.165) is 24.3 Å². The lowest BCUT2D eigenvalue weighted by Gasteiger charge is -2.19. The maximum atomic E-state index is 6.33. The zero-order valence-electron chi connectivity index (χ0n) is 17.2. The molecule has 1 nitrogen and oxygen atoms in total. The molecule has 0 aliphatic carbocycles. The summed E-state index contributed by atoms with van der Waals surface area (Å²) in [6.45, 7) is 11.0. The van der Waals surface area contributed by atoms with Gasteiger partial charge in [-0.15, -0.1) is 0 Å². The van der Waals surface area contributed by atoms with Crippen molar-refractivity contribution in [3.63, 3.8) is 0 Å². The SMILES string of the molecule is CCCc1ccc(-c2ccccc2C)cc1Oc1ccc(C(C)(C)C)cc1. The van der Waals surface area contributed by atoms with Gasteiger partial charge in [0.2, 0.25) is 0 Å². The van der Waals surface area contributed by atoms with Crippen LogP contribution in [0.5, 0.6) is 11.5 Å². The summed E-state index contributed by atoms with van der Waals surface area (Å²) >= 11 is 0. The van der Waals surface area contributed by atoms with E-state index >= 15 is 0 Å². The van der Waals surface area contributed by atoms with E-state index in [-0.39, 0.29) is 5.41 Å². The van der Waals surface area contributed by atoms with Crippen LogP contribution in [-0.4, -0.2) is 0 Å². The Labute approximate surface area is 164 Å². The van der Waals surface area contributed by atoms with Crippen molar-refractivity contribution in [3.05, 3.63) is 83.4 Å². The molecule has 0 atom stereocenters. The van der Waals surface area contributed by atoms with Gasteiger partial charge >= 0.3 is 0 Å². The van der Waals surface area contributed by atoms with E-state index in [1.54, 1.807) is 0 Å². The fourth-order valence-corrected chi connectivity index (χ4v) is 3.34. The van der Waals surface area contributed by atoms with E-state index < -0.39 is 0 Å². The Kier molecular flexibility index (Phi) is 5.70. The van der Waals surface area contributed by atoms with Gasteiger partial charge in [0.05, 0.1) is 0 Å². The van der Waals surface area contributed by atoms with Gasteiger partial charge in [-0.3, -0.25) is 0 Å². The van der Waals surface area contributed by atoms with Gasteiger partial charge in [-0.2, -0.15) is 0 Å². The van der Waals surface area contributed by atoms with Crippen molar-refractivity contribution in [2.24, 2.45) is 0 Å². The fourth-order valence-electron chi connectivity index (χ4n) is 3.34. The van der Waals surface area contributed by atoms with Crippen molar-refractivity contribution in [1.82, 2.24) is 0 Å². The molecule has 27 heavy (non-hydrogen) atoms. The summed E-state index contributed by atoms with van der Waals surface area (Å²) in [7, 11) is 0. The Morgan fingerprint density at radius 1 is 0.852 bits per heavy atom.